The first-order chi connectivity index (χ1) is 17.8. The Hall–Kier alpha value is -4.90. The largest absolute Gasteiger partial charge is 0.362 e. The van der Waals surface area contributed by atoms with Gasteiger partial charge in [-0.2, -0.15) is 5.10 Å². The van der Waals surface area contributed by atoms with Crippen molar-refractivity contribution in [1.29, 1.82) is 0 Å². The maximum absolute atomic E-state index is 5.32. The molecule has 36 heavy (non-hydrogen) atoms. The van der Waals surface area contributed by atoms with E-state index in [-0.39, 0.29) is 0 Å². The van der Waals surface area contributed by atoms with Gasteiger partial charge in [-0.25, -0.2) is 4.52 Å². The maximum Gasteiger partial charge on any atom is 0.150 e. The molecule has 0 atom stereocenters. The molecule has 0 aliphatic rings. The van der Waals surface area contributed by atoms with Crippen molar-refractivity contribution in [3.05, 3.63) is 121 Å². The lowest BCUT2D eigenvalue weighted by Gasteiger charge is -2.07. The van der Waals surface area contributed by atoms with Crippen molar-refractivity contribution in [3.63, 3.8) is 0 Å². The van der Waals surface area contributed by atoms with E-state index in [1.165, 1.54) is 33.1 Å². The molecule has 8 aromatic rings. The molecule has 0 unspecified atom stereocenters. The molecule has 4 aromatic carbocycles. The number of nitrogens with zero attached hydrogens (tertiary/aromatic N) is 4. The molecule has 0 radical (unpaired) electrons. The van der Waals surface area contributed by atoms with Crippen molar-refractivity contribution in [2.75, 3.05) is 0 Å². The van der Waals surface area contributed by atoms with Gasteiger partial charge in [0.1, 0.15) is 17.3 Å². The monoisotopic (exact) mass is 464 g/mol. The van der Waals surface area contributed by atoms with Gasteiger partial charge in [0.2, 0.25) is 0 Å². The second kappa shape index (κ2) is 7.30. The summed E-state index contributed by atoms with van der Waals surface area (Å²) in [6.07, 6.45) is 2.42. The lowest BCUT2D eigenvalue weighted by atomic mass is 10.0. The molecule has 0 amide bonds. The van der Waals surface area contributed by atoms with E-state index >= 15 is 0 Å². The van der Waals surface area contributed by atoms with Crippen molar-refractivity contribution in [3.8, 4) is 5.69 Å². The summed E-state index contributed by atoms with van der Waals surface area (Å²) in [4.78, 5) is 0. The van der Waals surface area contributed by atoms with E-state index < -0.39 is 0 Å². The van der Waals surface area contributed by atoms with Crippen LogP contribution < -0.4 is 0 Å². The van der Waals surface area contributed by atoms with Gasteiger partial charge in [0.25, 0.3) is 0 Å². The Morgan fingerprint density at radius 1 is 0.611 bits per heavy atom. The van der Waals surface area contributed by atoms with Crippen LogP contribution in [0.15, 0.2) is 114 Å². The minimum Gasteiger partial charge on any atom is -0.362 e. The van der Waals surface area contributed by atoms with Crippen LogP contribution in [-0.4, -0.2) is 19.3 Å². The van der Waals surface area contributed by atoms with Gasteiger partial charge in [-0.15, -0.1) is 0 Å². The van der Waals surface area contributed by atoms with Crippen LogP contribution in [0.2, 0.25) is 0 Å². The number of fused-ring (bicyclic) bond motifs is 9. The minimum absolute atomic E-state index is 0.740. The summed E-state index contributed by atoms with van der Waals surface area (Å²) < 4.78 is 9.63. The minimum atomic E-state index is 0.740. The van der Waals surface area contributed by atoms with Gasteiger partial charge in [0, 0.05) is 33.7 Å². The Morgan fingerprint density at radius 3 is 2.19 bits per heavy atom. The van der Waals surface area contributed by atoms with Crippen molar-refractivity contribution in [2.24, 2.45) is 0 Å². The molecule has 0 fully saturated rings. The molecular weight excluding hydrogens is 444 g/mol. The van der Waals surface area contributed by atoms with Gasteiger partial charge in [-0.1, -0.05) is 71.9 Å². The smallest absolute Gasteiger partial charge is 0.150 e. The molecule has 0 bridgehead atoms. The average Bonchev–Trinajstić information content (AvgIpc) is 3.65. The summed E-state index contributed by atoms with van der Waals surface area (Å²) >= 11 is 0. The van der Waals surface area contributed by atoms with E-state index in [1.54, 1.807) is 6.26 Å². The first-order valence-electron chi connectivity index (χ1n) is 12.1. The van der Waals surface area contributed by atoms with E-state index in [4.69, 9.17) is 9.62 Å². The van der Waals surface area contributed by atoms with Gasteiger partial charge in [-0.05, 0) is 42.0 Å². The number of para-hydroxylation sites is 2. The third kappa shape index (κ3) is 2.71. The summed E-state index contributed by atoms with van der Waals surface area (Å²) in [5.41, 5.74) is 8.62. The summed E-state index contributed by atoms with van der Waals surface area (Å²) in [6.45, 7) is 0. The average molecular weight is 465 g/mol. The highest BCUT2D eigenvalue weighted by atomic mass is 16.5. The zero-order valence-corrected chi connectivity index (χ0v) is 19.3. The summed E-state index contributed by atoms with van der Waals surface area (Å²) in [5, 5.41) is 13.9. The molecule has 0 N–H and O–H groups in total. The standard InChI is InChI=1S/C31H20N4O/c1-2-8-22(9-3-1)34-27-13-7-6-11-24(27)26-17-20(14-15-28(26)34)16-21-18-29-23-10-4-5-12-25(23)31-30(19-36-33-31)35(29)32-21/h1-15,17-19H,16H2. The molecule has 0 aliphatic carbocycles. The quantitative estimate of drug-likeness (QED) is 0.275. The van der Waals surface area contributed by atoms with Gasteiger partial charge in [0.15, 0.2) is 0 Å². The fourth-order valence-corrected chi connectivity index (χ4v) is 5.57. The van der Waals surface area contributed by atoms with E-state index in [0.29, 0.717) is 0 Å². The first kappa shape index (κ1) is 19.4. The predicted octanol–water partition coefficient (Wildman–Crippen LogP) is 7.32. The zero-order valence-electron chi connectivity index (χ0n) is 19.3. The highest BCUT2D eigenvalue weighted by Gasteiger charge is 2.16. The molecule has 8 rings (SSSR count). The van der Waals surface area contributed by atoms with Crippen LogP contribution >= 0.6 is 0 Å². The Bertz CT molecular complexity index is 2080. The molecule has 0 aliphatic heterocycles. The van der Waals surface area contributed by atoms with Crippen LogP contribution in [0.25, 0.3) is 54.8 Å². The molecule has 4 heterocycles. The van der Waals surface area contributed by atoms with Crippen LogP contribution in [-0.2, 0) is 6.42 Å². The van der Waals surface area contributed by atoms with E-state index in [9.17, 15) is 0 Å². The SMILES string of the molecule is c1ccc(-n2c3ccccc3c3cc(Cc4cc5c6ccccc6c6nocc6n5n4)ccc32)cc1. The van der Waals surface area contributed by atoms with Crippen LogP contribution in [0.3, 0.4) is 0 Å². The number of rotatable bonds is 3. The number of hydrogen-bond acceptors (Lipinski definition) is 3. The van der Waals surface area contributed by atoms with Gasteiger partial charge >= 0.3 is 0 Å². The van der Waals surface area contributed by atoms with Gasteiger partial charge in [0.05, 0.1) is 22.2 Å². The highest BCUT2D eigenvalue weighted by molar-refractivity contribution is 6.11. The first-order valence-corrected chi connectivity index (χ1v) is 12.1. The Morgan fingerprint density at radius 2 is 1.33 bits per heavy atom. The second-order valence-electron chi connectivity index (χ2n) is 9.24. The van der Waals surface area contributed by atoms with Crippen molar-refractivity contribution >= 4 is 49.1 Å². The van der Waals surface area contributed by atoms with E-state index in [2.05, 4.69) is 107 Å². The molecule has 4 aromatic heterocycles. The number of benzene rings is 4. The van der Waals surface area contributed by atoms with Crippen LogP contribution in [0.4, 0.5) is 0 Å². The Kier molecular flexibility index (Phi) is 3.93. The molecule has 5 nitrogen and oxygen atoms in total. The molecular formula is C31H20N4O. The normalized spacial score (nSPS) is 12.0. The Balaban J connectivity index is 1.30. The summed E-state index contributed by atoms with van der Waals surface area (Å²) in [6, 6.07) is 36.4. The maximum atomic E-state index is 5.32. The van der Waals surface area contributed by atoms with Crippen molar-refractivity contribution in [2.45, 2.75) is 6.42 Å². The molecule has 170 valence electrons. The van der Waals surface area contributed by atoms with Crippen molar-refractivity contribution in [1.82, 2.24) is 19.3 Å². The molecule has 0 saturated carbocycles. The van der Waals surface area contributed by atoms with E-state index in [0.717, 1.165) is 39.4 Å². The highest BCUT2D eigenvalue weighted by Crippen LogP contribution is 2.33. The van der Waals surface area contributed by atoms with Gasteiger partial charge < -0.3 is 9.09 Å². The number of pyridine rings is 1. The summed E-state index contributed by atoms with van der Waals surface area (Å²) in [5.74, 6) is 0. The predicted molar refractivity (Wildman–Crippen MR) is 144 cm³/mol. The van der Waals surface area contributed by atoms with Crippen LogP contribution in [0, 0.1) is 0 Å². The number of aromatic nitrogens is 4. The molecule has 0 spiro atoms. The topological polar surface area (TPSA) is 48.3 Å². The van der Waals surface area contributed by atoms with Crippen molar-refractivity contribution < 1.29 is 4.52 Å². The summed E-state index contributed by atoms with van der Waals surface area (Å²) in [7, 11) is 0. The third-order valence-corrected chi connectivity index (χ3v) is 7.13. The zero-order chi connectivity index (χ0) is 23.6. The molecule has 0 saturated heterocycles. The van der Waals surface area contributed by atoms with E-state index in [1.807, 2.05) is 10.6 Å². The fourth-order valence-electron chi connectivity index (χ4n) is 5.57. The van der Waals surface area contributed by atoms with Gasteiger partial charge in [-0.3, -0.25) is 0 Å². The number of hydrogen-bond donors (Lipinski definition) is 0. The lowest BCUT2D eigenvalue weighted by Crippen LogP contribution is -1.94. The van der Waals surface area contributed by atoms with Crippen LogP contribution in [0.1, 0.15) is 11.3 Å². The Labute approximate surface area is 205 Å². The molecule has 5 heteroatoms. The fraction of sp³-hybridized carbons (Fsp3) is 0.0323. The lowest BCUT2D eigenvalue weighted by molar-refractivity contribution is 0.428. The second-order valence-corrected chi connectivity index (χ2v) is 9.24. The third-order valence-electron chi connectivity index (χ3n) is 7.13. The van der Waals surface area contributed by atoms with Crippen LogP contribution in [0.5, 0.6) is 0 Å².